The maximum atomic E-state index is 5.10. The van der Waals surface area contributed by atoms with Crippen molar-refractivity contribution in [1.29, 1.82) is 0 Å². The number of nitrogens with one attached hydrogen (secondary N) is 1. The van der Waals surface area contributed by atoms with E-state index >= 15 is 0 Å². The molecule has 3 nitrogen and oxygen atoms in total. The molecule has 1 heterocycles. The van der Waals surface area contributed by atoms with Gasteiger partial charge in [0.2, 0.25) is 0 Å². The van der Waals surface area contributed by atoms with E-state index in [1.165, 1.54) is 0 Å². The second-order valence-electron chi connectivity index (χ2n) is 2.45. The highest BCUT2D eigenvalue weighted by atomic mass is 16.5. The van der Waals surface area contributed by atoms with Gasteiger partial charge in [0.05, 0.1) is 0 Å². The average Bonchev–Trinajstić information content (AvgIpc) is 1.90. The molecule has 54 valence electrons. The summed E-state index contributed by atoms with van der Waals surface area (Å²) in [5.41, 5.74) is 0. The van der Waals surface area contributed by atoms with E-state index in [2.05, 4.69) is 17.3 Å². The number of hydrogen-bond donors (Lipinski definition) is 1. The van der Waals surface area contributed by atoms with Crippen molar-refractivity contribution in [1.82, 2.24) is 10.2 Å². The number of nitrogens with zero attached hydrogens (tertiary/aromatic N) is 1. The van der Waals surface area contributed by atoms with Crippen LogP contribution in [0.1, 0.15) is 6.42 Å². The molecule has 1 fully saturated rings. The third-order valence-electron chi connectivity index (χ3n) is 1.65. The lowest BCUT2D eigenvalue weighted by Gasteiger charge is -2.28. The van der Waals surface area contributed by atoms with Crippen molar-refractivity contribution >= 4 is 0 Å². The smallest absolute Gasteiger partial charge is 0.109 e. The Bertz CT molecular complexity index is 79.1. The van der Waals surface area contributed by atoms with Gasteiger partial charge in [0.15, 0.2) is 0 Å². The Hall–Kier alpha value is -0.120. The second kappa shape index (κ2) is 3.15. The monoisotopic (exact) mass is 130 g/mol. The average molecular weight is 130 g/mol. The molecule has 0 spiro atoms. The van der Waals surface area contributed by atoms with Gasteiger partial charge < -0.3 is 4.74 Å². The first-order valence-corrected chi connectivity index (χ1v) is 3.27. The molecule has 0 aromatic heterocycles. The van der Waals surface area contributed by atoms with Crippen LogP contribution in [0.2, 0.25) is 0 Å². The molecule has 1 rings (SSSR count). The number of ether oxygens (including phenoxy) is 1. The molecule has 0 amide bonds. The zero-order valence-electron chi connectivity index (χ0n) is 6.05. The summed E-state index contributed by atoms with van der Waals surface area (Å²) in [6.45, 7) is 2.07. The first-order valence-electron chi connectivity index (χ1n) is 3.27. The van der Waals surface area contributed by atoms with E-state index in [4.69, 9.17) is 4.74 Å². The molecule has 1 atom stereocenters. The summed E-state index contributed by atoms with van der Waals surface area (Å²) in [6, 6.07) is 0. The van der Waals surface area contributed by atoms with Crippen LogP contribution in [0.15, 0.2) is 0 Å². The highest BCUT2D eigenvalue weighted by Crippen LogP contribution is 1.99. The highest BCUT2D eigenvalue weighted by Gasteiger charge is 2.13. The lowest BCUT2D eigenvalue weighted by atomic mass is 10.3. The summed E-state index contributed by atoms with van der Waals surface area (Å²) in [6.07, 6.45) is 1.37. The molecule has 0 aliphatic carbocycles. The molecule has 0 aromatic rings. The van der Waals surface area contributed by atoms with Gasteiger partial charge in [-0.15, -0.1) is 0 Å². The van der Waals surface area contributed by atoms with E-state index in [1.807, 2.05) is 0 Å². The van der Waals surface area contributed by atoms with Crippen LogP contribution in [-0.2, 0) is 4.74 Å². The molecule has 0 radical (unpaired) electrons. The predicted octanol–water partition coefficient (Wildman–Crippen LogP) is -0.159. The van der Waals surface area contributed by atoms with Crippen LogP contribution in [0.25, 0.3) is 0 Å². The van der Waals surface area contributed by atoms with Crippen LogP contribution in [0.4, 0.5) is 0 Å². The van der Waals surface area contributed by atoms with Crippen LogP contribution in [0, 0.1) is 0 Å². The van der Waals surface area contributed by atoms with Crippen LogP contribution in [0.5, 0.6) is 0 Å². The quantitative estimate of drug-likeness (QED) is 0.534. The maximum absolute atomic E-state index is 5.10. The largest absolute Gasteiger partial charge is 0.367 e. The third kappa shape index (κ3) is 1.93. The van der Waals surface area contributed by atoms with Gasteiger partial charge in [-0.1, -0.05) is 0 Å². The molecule has 1 N–H and O–H groups in total. The lowest BCUT2D eigenvalue weighted by molar-refractivity contribution is 0.0218. The van der Waals surface area contributed by atoms with E-state index in [-0.39, 0.29) is 6.23 Å². The first kappa shape index (κ1) is 6.99. The van der Waals surface area contributed by atoms with E-state index in [9.17, 15) is 0 Å². The topological polar surface area (TPSA) is 24.5 Å². The Balaban J connectivity index is 2.18. The molecular weight excluding hydrogens is 116 g/mol. The standard InChI is InChI=1S/C6H14N2O/c1-8-4-3-6(9-2)7-5-8/h6-7H,3-5H2,1-2H3. The fourth-order valence-electron chi connectivity index (χ4n) is 0.978. The third-order valence-corrected chi connectivity index (χ3v) is 1.65. The molecular formula is C6H14N2O. The minimum absolute atomic E-state index is 0.279. The number of methoxy groups -OCH3 is 1. The van der Waals surface area contributed by atoms with E-state index in [0.29, 0.717) is 0 Å². The highest BCUT2D eigenvalue weighted by molar-refractivity contribution is 4.64. The molecule has 1 unspecified atom stereocenters. The van der Waals surface area contributed by atoms with Crippen molar-refractivity contribution in [3.05, 3.63) is 0 Å². The molecule has 9 heavy (non-hydrogen) atoms. The lowest BCUT2D eigenvalue weighted by Crippen LogP contribution is -2.46. The van der Waals surface area contributed by atoms with Gasteiger partial charge >= 0.3 is 0 Å². The normalized spacial score (nSPS) is 30.7. The first-order chi connectivity index (χ1) is 4.33. The Kier molecular flexibility index (Phi) is 2.45. The molecule has 0 aromatic carbocycles. The number of rotatable bonds is 1. The van der Waals surface area contributed by atoms with Gasteiger partial charge in [0, 0.05) is 20.3 Å². The van der Waals surface area contributed by atoms with Crippen LogP contribution < -0.4 is 5.32 Å². The van der Waals surface area contributed by atoms with Gasteiger partial charge in [0.1, 0.15) is 6.23 Å². The van der Waals surface area contributed by atoms with Gasteiger partial charge in [-0.05, 0) is 13.5 Å². The summed E-state index contributed by atoms with van der Waals surface area (Å²) >= 11 is 0. The summed E-state index contributed by atoms with van der Waals surface area (Å²) in [5.74, 6) is 0. The predicted molar refractivity (Wildman–Crippen MR) is 36.0 cm³/mol. The van der Waals surface area contributed by atoms with E-state index < -0.39 is 0 Å². The number of hydrogen-bond acceptors (Lipinski definition) is 3. The molecule has 1 aliphatic heterocycles. The molecule has 0 saturated carbocycles. The SMILES string of the molecule is COC1CCN(C)CN1. The summed E-state index contributed by atoms with van der Waals surface area (Å²) in [5, 5.41) is 3.22. The molecule has 1 saturated heterocycles. The molecule has 0 bridgehead atoms. The van der Waals surface area contributed by atoms with Crippen LogP contribution in [0.3, 0.4) is 0 Å². The van der Waals surface area contributed by atoms with Crippen molar-refractivity contribution in [3.63, 3.8) is 0 Å². The Labute approximate surface area is 56.0 Å². The van der Waals surface area contributed by atoms with Gasteiger partial charge in [-0.3, -0.25) is 10.2 Å². The van der Waals surface area contributed by atoms with Crippen LogP contribution in [-0.4, -0.2) is 38.5 Å². The van der Waals surface area contributed by atoms with Crippen molar-refractivity contribution in [2.45, 2.75) is 12.6 Å². The Morgan fingerprint density at radius 2 is 2.44 bits per heavy atom. The van der Waals surface area contributed by atoms with Gasteiger partial charge in [0.25, 0.3) is 0 Å². The zero-order chi connectivity index (χ0) is 6.69. The Morgan fingerprint density at radius 3 is 2.89 bits per heavy atom. The van der Waals surface area contributed by atoms with Crippen molar-refractivity contribution in [2.24, 2.45) is 0 Å². The molecule has 3 heteroatoms. The Morgan fingerprint density at radius 1 is 1.67 bits per heavy atom. The van der Waals surface area contributed by atoms with Gasteiger partial charge in [-0.25, -0.2) is 0 Å². The summed E-state index contributed by atoms with van der Waals surface area (Å²) in [4.78, 5) is 2.23. The minimum atomic E-state index is 0.279. The fraction of sp³-hybridized carbons (Fsp3) is 1.00. The second-order valence-corrected chi connectivity index (χ2v) is 2.45. The van der Waals surface area contributed by atoms with Crippen molar-refractivity contribution in [2.75, 3.05) is 27.4 Å². The minimum Gasteiger partial charge on any atom is -0.367 e. The summed E-state index contributed by atoms with van der Waals surface area (Å²) < 4.78 is 5.10. The van der Waals surface area contributed by atoms with Crippen molar-refractivity contribution in [3.8, 4) is 0 Å². The van der Waals surface area contributed by atoms with Crippen LogP contribution >= 0.6 is 0 Å². The van der Waals surface area contributed by atoms with E-state index in [1.54, 1.807) is 7.11 Å². The molecule has 1 aliphatic rings. The van der Waals surface area contributed by atoms with E-state index in [0.717, 1.165) is 19.6 Å². The zero-order valence-corrected chi connectivity index (χ0v) is 6.05. The maximum Gasteiger partial charge on any atom is 0.109 e. The van der Waals surface area contributed by atoms with Gasteiger partial charge in [-0.2, -0.15) is 0 Å². The summed E-state index contributed by atoms with van der Waals surface area (Å²) in [7, 11) is 3.84. The van der Waals surface area contributed by atoms with Crippen molar-refractivity contribution < 1.29 is 4.74 Å². The fourth-order valence-corrected chi connectivity index (χ4v) is 0.978.